The van der Waals surface area contributed by atoms with Crippen molar-refractivity contribution in [3.63, 3.8) is 0 Å². The molecule has 0 aliphatic rings. The van der Waals surface area contributed by atoms with Gasteiger partial charge < -0.3 is 5.11 Å². The Morgan fingerprint density at radius 1 is 0.842 bits per heavy atom. The van der Waals surface area contributed by atoms with Crippen LogP contribution in [-0.4, -0.2) is 17.2 Å². The Kier molecular flexibility index (Phi) is 3.78. The Morgan fingerprint density at radius 2 is 1.26 bits per heavy atom. The third kappa shape index (κ3) is 3.10. The number of carboxylic acid groups (broad SMARTS) is 1. The number of imide groups is 1. The number of hydrogen-bond acceptors (Lipinski definition) is 2. The molecule has 2 rings (SSSR count). The van der Waals surface area contributed by atoms with E-state index in [0.717, 1.165) is 0 Å². The fourth-order valence-electron chi connectivity index (χ4n) is 1.69. The summed E-state index contributed by atoms with van der Waals surface area (Å²) in [5.74, 6) is 0. The Hall–Kier alpha value is -2.82. The number of nitrogens with zero attached hydrogens (tertiary/aromatic N) is 1. The Morgan fingerprint density at radius 3 is 1.63 bits per heavy atom. The molecule has 0 radical (unpaired) electrons. The van der Waals surface area contributed by atoms with E-state index < -0.39 is 12.1 Å². The van der Waals surface area contributed by atoms with E-state index >= 15 is 0 Å². The highest BCUT2D eigenvalue weighted by Gasteiger charge is 2.19. The third-order valence-corrected chi connectivity index (χ3v) is 2.45. The van der Waals surface area contributed by atoms with Crippen molar-refractivity contribution in [1.29, 1.82) is 0 Å². The van der Waals surface area contributed by atoms with Gasteiger partial charge in [0.15, 0.2) is 0 Å². The topological polar surface area (TPSA) is 69.6 Å². The van der Waals surface area contributed by atoms with Gasteiger partial charge in [-0.05, 0) is 24.3 Å². The molecule has 0 spiro atoms. The predicted octanol–water partition coefficient (Wildman–Crippen LogP) is 3.21. The minimum absolute atomic E-state index is 0.590. The first-order valence-electron chi connectivity index (χ1n) is 5.62. The molecule has 2 N–H and O–H groups in total. The van der Waals surface area contributed by atoms with Crippen LogP contribution in [0.25, 0.3) is 0 Å². The normalized spacial score (nSPS) is 9.68. The van der Waals surface area contributed by atoms with Crippen LogP contribution in [0.3, 0.4) is 0 Å². The Balaban J connectivity index is 2.40. The predicted molar refractivity (Wildman–Crippen MR) is 71.6 cm³/mol. The van der Waals surface area contributed by atoms with Crippen LogP contribution in [0.15, 0.2) is 60.7 Å². The maximum Gasteiger partial charge on any atom is 0.412 e. The fraction of sp³-hybridized carbons (Fsp3) is 0. The largest absolute Gasteiger partial charge is 0.465 e. The quantitative estimate of drug-likeness (QED) is 0.866. The maximum absolute atomic E-state index is 12.0. The molecule has 0 aliphatic carbocycles. The van der Waals surface area contributed by atoms with Crippen LogP contribution in [0.4, 0.5) is 21.0 Å². The number of benzene rings is 2. The molecule has 0 saturated carbocycles. The number of hydrogen-bond donors (Lipinski definition) is 2. The van der Waals surface area contributed by atoms with Crippen molar-refractivity contribution in [2.75, 3.05) is 4.90 Å². The SMILES string of the molecule is O=C(O)NC(=O)N(c1ccccc1)c1ccccc1. The van der Waals surface area contributed by atoms with Gasteiger partial charge in [0.1, 0.15) is 0 Å². The maximum atomic E-state index is 12.0. The average molecular weight is 256 g/mol. The van der Waals surface area contributed by atoms with Crippen LogP contribution in [0.1, 0.15) is 0 Å². The number of anilines is 2. The molecule has 0 saturated heterocycles. The summed E-state index contributed by atoms with van der Waals surface area (Å²) in [5, 5.41) is 10.5. The molecule has 0 aliphatic heterocycles. The molecule has 2 aromatic carbocycles. The Bertz CT molecular complexity index is 530. The number of carbonyl (C=O) groups excluding carboxylic acids is 1. The van der Waals surface area contributed by atoms with Crippen molar-refractivity contribution < 1.29 is 14.7 Å². The van der Waals surface area contributed by atoms with E-state index in [-0.39, 0.29) is 0 Å². The van der Waals surface area contributed by atoms with Gasteiger partial charge in [0.2, 0.25) is 0 Å². The standard InChI is InChI=1S/C14H12N2O3/c17-13(15-14(18)19)16(11-7-3-1-4-8-11)12-9-5-2-6-10-12/h1-10H,(H,15,17)(H,18,19). The first kappa shape index (κ1) is 12.6. The highest BCUT2D eigenvalue weighted by Crippen LogP contribution is 2.24. The van der Waals surface area contributed by atoms with Crippen molar-refractivity contribution in [3.8, 4) is 0 Å². The number of nitrogens with one attached hydrogen (secondary N) is 1. The monoisotopic (exact) mass is 256 g/mol. The van der Waals surface area contributed by atoms with Gasteiger partial charge in [0, 0.05) is 0 Å². The van der Waals surface area contributed by atoms with Crippen molar-refractivity contribution >= 4 is 23.5 Å². The lowest BCUT2D eigenvalue weighted by Crippen LogP contribution is -2.39. The number of para-hydroxylation sites is 2. The van der Waals surface area contributed by atoms with Gasteiger partial charge in [-0.2, -0.15) is 0 Å². The molecule has 0 fully saturated rings. The van der Waals surface area contributed by atoms with E-state index in [0.29, 0.717) is 11.4 Å². The van der Waals surface area contributed by atoms with Crippen LogP contribution >= 0.6 is 0 Å². The van der Waals surface area contributed by atoms with E-state index in [4.69, 9.17) is 5.11 Å². The van der Waals surface area contributed by atoms with Crippen LogP contribution < -0.4 is 10.2 Å². The van der Waals surface area contributed by atoms with Crippen LogP contribution in [0, 0.1) is 0 Å². The lowest BCUT2D eigenvalue weighted by atomic mass is 10.2. The fourth-order valence-corrected chi connectivity index (χ4v) is 1.69. The third-order valence-electron chi connectivity index (χ3n) is 2.45. The summed E-state index contributed by atoms with van der Waals surface area (Å²) in [5.41, 5.74) is 1.18. The minimum atomic E-state index is -1.39. The molecule has 3 amide bonds. The summed E-state index contributed by atoms with van der Waals surface area (Å²) in [6.07, 6.45) is -1.39. The van der Waals surface area contributed by atoms with E-state index in [1.54, 1.807) is 48.5 Å². The smallest absolute Gasteiger partial charge is 0.412 e. The summed E-state index contributed by atoms with van der Waals surface area (Å²) in [6.45, 7) is 0. The first-order chi connectivity index (χ1) is 9.18. The van der Waals surface area contributed by atoms with Crippen molar-refractivity contribution in [3.05, 3.63) is 60.7 Å². The zero-order chi connectivity index (χ0) is 13.7. The van der Waals surface area contributed by atoms with Gasteiger partial charge in [-0.25, -0.2) is 14.9 Å². The number of rotatable bonds is 2. The lowest BCUT2D eigenvalue weighted by molar-refractivity contribution is 0.193. The highest BCUT2D eigenvalue weighted by molar-refractivity contribution is 6.05. The molecule has 5 heteroatoms. The van der Waals surface area contributed by atoms with Gasteiger partial charge >= 0.3 is 12.1 Å². The van der Waals surface area contributed by atoms with E-state index in [1.165, 1.54) is 4.90 Å². The molecule has 0 atom stereocenters. The first-order valence-corrected chi connectivity index (χ1v) is 5.62. The number of amides is 3. The molecular weight excluding hydrogens is 244 g/mol. The molecule has 96 valence electrons. The van der Waals surface area contributed by atoms with Gasteiger partial charge in [-0.1, -0.05) is 36.4 Å². The zero-order valence-electron chi connectivity index (χ0n) is 9.98. The lowest BCUT2D eigenvalue weighted by Gasteiger charge is -2.22. The molecule has 5 nitrogen and oxygen atoms in total. The summed E-state index contributed by atoms with van der Waals surface area (Å²) in [6, 6.07) is 17.0. The molecular formula is C14H12N2O3. The van der Waals surface area contributed by atoms with Crippen LogP contribution in [-0.2, 0) is 0 Å². The van der Waals surface area contributed by atoms with Crippen molar-refractivity contribution in [2.45, 2.75) is 0 Å². The summed E-state index contributed by atoms with van der Waals surface area (Å²) in [4.78, 5) is 23.9. The van der Waals surface area contributed by atoms with Gasteiger partial charge in [0.25, 0.3) is 0 Å². The minimum Gasteiger partial charge on any atom is -0.465 e. The van der Waals surface area contributed by atoms with Crippen molar-refractivity contribution in [1.82, 2.24) is 5.32 Å². The summed E-state index contributed by atoms with van der Waals surface area (Å²) in [7, 11) is 0. The number of carbonyl (C=O) groups is 2. The van der Waals surface area contributed by atoms with E-state index in [9.17, 15) is 9.59 Å². The van der Waals surface area contributed by atoms with Crippen LogP contribution in [0.5, 0.6) is 0 Å². The Labute approximate surface area is 110 Å². The second-order valence-corrected chi connectivity index (χ2v) is 3.74. The summed E-state index contributed by atoms with van der Waals surface area (Å²) >= 11 is 0. The molecule has 2 aromatic rings. The average Bonchev–Trinajstić information content (AvgIpc) is 2.40. The molecule has 0 aromatic heterocycles. The molecule has 0 bridgehead atoms. The van der Waals surface area contributed by atoms with Crippen LogP contribution in [0.2, 0.25) is 0 Å². The van der Waals surface area contributed by atoms with Gasteiger partial charge in [-0.3, -0.25) is 4.90 Å². The highest BCUT2D eigenvalue weighted by atomic mass is 16.4. The summed E-state index contributed by atoms with van der Waals surface area (Å²) < 4.78 is 0. The van der Waals surface area contributed by atoms with Gasteiger partial charge in [-0.15, -0.1) is 0 Å². The zero-order valence-corrected chi connectivity index (χ0v) is 9.98. The molecule has 19 heavy (non-hydrogen) atoms. The molecule has 0 unspecified atom stereocenters. The molecule has 0 heterocycles. The second-order valence-electron chi connectivity index (χ2n) is 3.74. The van der Waals surface area contributed by atoms with E-state index in [1.807, 2.05) is 17.4 Å². The second kappa shape index (κ2) is 5.68. The van der Waals surface area contributed by atoms with Gasteiger partial charge in [0.05, 0.1) is 11.4 Å². The van der Waals surface area contributed by atoms with Crippen molar-refractivity contribution in [2.24, 2.45) is 0 Å². The number of urea groups is 1. The van der Waals surface area contributed by atoms with E-state index in [2.05, 4.69) is 0 Å².